The first-order chi connectivity index (χ1) is 16.5. The van der Waals surface area contributed by atoms with E-state index in [4.69, 9.17) is 0 Å². The monoisotopic (exact) mass is 525 g/mol. The Labute approximate surface area is 224 Å². The molecule has 197 valence electrons. The molecule has 2 atom stereocenters. The first-order valence-corrected chi connectivity index (χ1v) is 14.3. The molecule has 1 aromatic rings. The Hall–Kier alpha value is -0.866. The minimum absolute atomic E-state index is 0.123. The van der Waals surface area contributed by atoms with Crippen molar-refractivity contribution in [3.05, 3.63) is 29.3 Å². The molecule has 35 heavy (non-hydrogen) atoms. The standard InChI is InChI=1S/C30H47F2O2.Ti/c1-7-9-11-13-18-25(21-31)29(3,4)27(33)23-16-15-17-24(20-23)28(34)30(5,6)26(22-32)19-14-12-10-8-2;/h15-17,25-26H,7-14,18-19,21-22H2,1-6H3;. The number of unbranched alkanes of at least 4 members (excludes halogenated alkanes) is 6. The van der Waals surface area contributed by atoms with Crippen LogP contribution in [0.1, 0.15) is 126 Å². The van der Waals surface area contributed by atoms with Crippen molar-refractivity contribution in [3.63, 3.8) is 0 Å². The van der Waals surface area contributed by atoms with Crippen LogP contribution < -0.4 is 3.87 Å². The fraction of sp³-hybridized carbons (Fsp3) is 0.733. The summed E-state index contributed by atoms with van der Waals surface area (Å²) in [5.41, 5.74) is -0.792. The van der Waals surface area contributed by atoms with Crippen LogP contribution in [0, 0.1) is 22.7 Å². The number of Topliss-reactive ketones (excluding diaryl/α,β-unsaturated/α-hetero) is 2. The van der Waals surface area contributed by atoms with Gasteiger partial charge in [-0.1, -0.05) is 0 Å². The molecular weight excluding hydrogens is 478 g/mol. The maximum absolute atomic E-state index is 14.0. The van der Waals surface area contributed by atoms with Crippen molar-refractivity contribution >= 4 is 15.4 Å². The normalized spacial score (nSPS) is 14.0. The molecule has 0 saturated carbocycles. The van der Waals surface area contributed by atoms with Gasteiger partial charge >= 0.3 is 225 Å². The van der Waals surface area contributed by atoms with Gasteiger partial charge in [0.05, 0.1) is 0 Å². The van der Waals surface area contributed by atoms with Crippen molar-refractivity contribution in [2.75, 3.05) is 13.3 Å². The third-order valence-corrected chi connectivity index (χ3v) is 8.79. The van der Waals surface area contributed by atoms with E-state index in [-0.39, 0.29) is 23.4 Å². The van der Waals surface area contributed by atoms with Gasteiger partial charge in [0.2, 0.25) is 0 Å². The van der Waals surface area contributed by atoms with Crippen LogP contribution in [0.2, 0.25) is 0 Å². The molecular formula is C30H47F2O2Ti. The molecule has 0 aliphatic rings. The van der Waals surface area contributed by atoms with Gasteiger partial charge in [0.25, 0.3) is 0 Å². The summed E-state index contributed by atoms with van der Waals surface area (Å²) in [4.78, 5) is 27.3. The third-order valence-electron chi connectivity index (χ3n) is 7.95. The zero-order chi connectivity index (χ0) is 26.6. The molecule has 0 bridgehead atoms. The van der Waals surface area contributed by atoms with Gasteiger partial charge < -0.3 is 0 Å². The van der Waals surface area contributed by atoms with E-state index >= 15 is 0 Å². The summed E-state index contributed by atoms with van der Waals surface area (Å²) in [6.45, 7) is 10.5. The summed E-state index contributed by atoms with van der Waals surface area (Å²) in [5.74, 6) is -0.966. The first kappa shape index (κ1) is 32.2. The van der Waals surface area contributed by atoms with E-state index in [0.29, 0.717) is 27.8 Å². The van der Waals surface area contributed by atoms with Gasteiger partial charge in [-0.25, -0.2) is 0 Å². The Bertz CT molecular complexity index is 741. The Morgan fingerprint density at radius 3 is 1.43 bits per heavy atom. The van der Waals surface area contributed by atoms with E-state index < -0.39 is 24.2 Å². The molecule has 0 spiro atoms. The molecule has 1 rings (SSSR count). The fourth-order valence-electron chi connectivity index (χ4n) is 4.89. The maximum atomic E-state index is 14.0. The SMILES string of the molecule is CCCCCCC(CF)C(C)(C)C(=O)c1cccc(C(=O)C(C)(C)C(CF)CCCCCC)[c]1[Ti]. The second-order valence-corrected chi connectivity index (χ2v) is 12.0. The Balaban J connectivity index is 3.16. The number of hydrogen-bond donors (Lipinski definition) is 0. The number of rotatable bonds is 18. The quantitative estimate of drug-likeness (QED) is 0.110. The van der Waals surface area contributed by atoms with Crippen LogP contribution in [-0.2, 0) is 20.4 Å². The second kappa shape index (κ2) is 15.4. The van der Waals surface area contributed by atoms with E-state index in [2.05, 4.69) is 13.8 Å². The van der Waals surface area contributed by atoms with E-state index in [1.165, 1.54) is 0 Å². The Morgan fingerprint density at radius 2 is 1.11 bits per heavy atom. The predicted molar refractivity (Wildman–Crippen MR) is 139 cm³/mol. The molecule has 0 aromatic heterocycles. The predicted octanol–water partition coefficient (Wildman–Crippen LogP) is 8.39. The molecule has 0 radical (unpaired) electrons. The number of benzene rings is 1. The number of ketones is 2. The summed E-state index contributed by atoms with van der Waals surface area (Å²) >= 11 is 1.80. The first-order valence-electron chi connectivity index (χ1n) is 13.6. The average Bonchev–Trinajstić information content (AvgIpc) is 2.83. The molecule has 0 heterocycles. The van der Waals surface area contributed by atoms with E-state index in [0.717, 1.165) is 51.4 Å². The van der Waals surface area contributed by atoms with Crippen LogP contribution in [0.3, 0.4) is 0 Å². The van der Waals surface area contributed by atoms with E-state index in [9.17, 15) is 18.4 Å². The van der Waals surface area contributed by atoms with Crippen LogP contribution in [-0.4, -0.2) is 24.9 Å². The van der Waals surface area contributed by atoms with Crippen molar-refractivity contribution < 1.29 is 38.8 Å². The molecule has 5 heteroatoms. The Morgan fingerprint density at radius 1 is 0.743 bits per heavy atom. The molecule has 0 aliphatic heterocycles. The molecule has 0 N–H and O–H groups in total. The number of carbonyl (C=O) groups is 2. The Kier molecular flexibility index (Phi) is 14.2. The van der Waals surface area contributed by atoms with E-state index in [1.807, 2.05) is 27.7 Å². The van der Waals surface area contributed by atoms with Gasteiger partial charge in [0.15, 0.2) is 0 Å². The summed E-state index contributed by atoms with van der Waals surface area (Å²) in [6, 6.07) is 5.22. The second-order valence-electron chi connectivity index (χ2n) is 11.2. The summed E-state index contributed by atoms with van der Waals surface area (Å²) in [6.07, 6.45) is 9.72. The zero-order valence-corrected chi connectivity index (χ0v) is 24.5. The molecule has 1 aromatic carbocycles. The van der Waals surface area contributed by atoms with Gasteiger partial charge in [-0.3, -0.25) is 0 Å². The minimum atomic E-state index is -0.871. The summed E-state index contributed by atoms with van der Waals surface area (Å²) in [7, 11) is 0. The van der Waals surface area contributed by atoms with Gasteiger partial charge in [-0.05, 0) is 0 Å². The van der Waals surface area contributed by atoms with Crippen molar-refractivity contribution in [1.82, 2.24) is 0 Å². The molecule has 0 saturated heterocycles. The van der Waals surface area contributed by atoms with Crippen LogP contribution >= 0.6 is 0 Å². The third kappa shape index (κ3) is 8.59. The van der Waals surface area contributed by atoms with Crippen LogP contribution in [0.4, 0.5) is 8.78 Å². The topological polar surface area (TPSA) is 34.1 Å². The molecule has 0 fully saturated rings. The van der Waals surface area contributed by atoms with Crippen molar-refractivity contribution in [2.45, 2.75) is 106 Å². The number of carbonyl (C=O) groups excluding carboxylic acids is 2. The zero-order valence-electron chi connectivity index (χ0n) is 22.9. The van der Waals surface area contributed by atoms with Crippen molar-refractivity contribution in [1.29, 1.82) is 0 Å². The van der Waals surface area contributed by atoms with Crippen LogP contribution in [0.15, 0.2) is 18.2 Å². The van der Waals surface area contributed by atoms with Gasteiger partial charge in [0.1, 0.15) is 0 Å². The molecule has 0 amide bonds. The van der Waals surface area contributed by atoms with E-state index in [1.54, 1.807) is 38.6 Å². The number of hydrogen-bond acceptors (Lipinski definition) is 2. The number of alkyl halides is 2. The fourth-order valence-corrected chi connectivity index (χ4v) is 5.51. The van der Waals surface area contributed by atoms with Crippen molar-refractivity contribution in [2.24, 2.45) is 22.7 Å². The summed E-state index contributed by atoms with van der Waals surface area (Å²) in [5, 5.41) is 0. The van der Waals surface area contributed by atoms with Gasteiger partial charge in [-0.2, -0.15) is 0 Å². The van der Waals surface area contributed by atoms with Crippen LogP contribution in [0.25, 0.3) is 0 Å². The molecule has 2 unspecified atom stereocenters. The van der Waals surface area contributed by atoms with Gasteiger partial charge in [-0.15, -0.1) is 0 Å². The van der Waals surface area contributed by atoms with Gasteiger partial charge in [0, 0.05) is 0 Å². The van der Waals surface area contributed by atoms with Crippen molar-refractivity contribution in [3.8, 4) is 0 Å². The molecule has 0 aliphatic carbocycles. The average molecular weight is 526 g/mol. The molecule has 2 nitrogen and oxygen atoms in total. The summed E-state index contributed by atoms with van der Waals surface area (Å²) < 4.78 is 28.7. The van der Waals surface area contributed by atoms with Crippen LogP contribution in [0.5, 0.6) is 0 Å². The number of halogens is 2.